The Hall–Kier alpha value is -2.35. The van der Waals surface area contributed by atoms with Gasteiger partial charge in [-0.05, 0) is 25.1 Å². The highest BCUT2D eigenvalue weighted by atomic mass is 32.2. The first-order valence-corrected chi connectivity index (χ1v) is 6.46. The van der Waals surface area contributed by atoms with E-state index in [0.29, 0.717) is 21.3 Å². The maximum absolute atomic E-state index is 11.3. The van der Waals surface area contributed by atoms with E-state index in [1.165, 1.54) is 11.6 Å². The summed E-state index contributed by atoms with van der Waals surface area (Å²) in [4.78, 5) is 38.0. The summed E-state index contributed by atoms with van der Waals surface area (Å²) in [6.07, 6.45) is 0. The van der Waals surface area contributed by atoms with Crippen molar-refractivity contribution in [2.45, 2.75) is 17.0 Å². The van der Waals surface area contributed by atoms with Crippen molar-refractivity contribution in [3.05, 3.63) is 44.5 Å². The van der Waals surface area contributed by atoms with Gasteiger partial charge in [0.2, 0.25) is 0 Å². The Bertz CT molecular complexity index is 794. The van der Waals surface area contributed by atoms with Crippen molar-refractivity contribution in [1.29, 1.82) is 0 Å². The van der Waals surface area contributed by atoms with Crippen LogP contribution in [0.2, 0.25) is 0 Å². The lowest BCUT2D eigenvalue weighted by Crippen LogP contribution is -2.33. The summed E-state index contributed by atoms with van der Waals surface area (Å²) in [5, 5.41) is 2.68. The number of carbonyl (C=O) groups excluding carboxylic acids is 1. The lowest BCUT2D eigenvalue weighted by molar-refractivity contribution is 0.101. The lowest BCUT2D eigenvalue weighted by Gasteiger charge is -2.07. The highest BCUT2D eigenvalue weighted by molar-refractivity contribution is 7.99. The molecule has 0 aliphatic heterocycles. The van der Waals surface area contributed by atoms with Gasteiger partial charge in [-0.1, -0.05) is 11.8 Å². The van der Waals surface area contributed by atoms with Gasteiger partial charge in [-0.15, -0.1) is 0 Å². The number of H-pyrrole nitrogens is 1. The molecular weight excluding hydrogens is 280 g/mol. The average molecular weight is 292 g/mol. The molecule has 3 N–H and O–H groups in total. The number of rotatable bonds is 3. The molecule has 0 unspecified atom stereocenters. The highest BCUT2D eigenvalue weighted by Crippen LogP contribution is 2.27. The van der Waals surface area contributed by atoms with E-state index in [0.717, 1.165) is 11.8 Å². The molecule has 1 aromatic heterocycles. The van der Waals surface area contributed by atoms with Crippen LogP contribution in [-0.4, -0.2) is 20.5 Å². The van der Waals surface area contributed by atoms with Crippen LogP contribution in [0, 0.1) is 0 Å². The third kappa shape index (κ3) is 2.80. The molecule has 0 saturated heterocycles. The van der Waals surface area contributed by atoms with Crippen molar-refractivity contribution >= 4 is 23.2 Å². The van der Waals surface area contributed by atoms with Crippen LogP contribution in [-0.2, 0) is 7.05 Å². The molecule has 0 amide bonds. The number of Topliss-reactive ketones (excluding diaryl/α,β-unsaturated/α-hetero) is 1. The van der Waals surface area contributed by atoms with Crippen LogP contribution in [0.3, 0.4) is 0 Å². The first-order chi connectivity index (χ1) is 9.38. The molecule has 0 atom stereocenters. The predicted octanol–water partition coefficient (Wildman–Crippen LogP) is 0.405. The number of aromatic nitrogens is 3. The van der Waals surface area contributed by atoms with Gasteiger partial charge < -0.3 is 5.73 Å². The molecule has 0 saturated carbocycles. The standard InChI is InChI=1S/C12H12N4O3S/c1-6(17)8-4-3-7(5-9(8)13)20-12-14-10(18)11(19)15-16(12)2/h3-5H,13H2,1-2H3,(H,15,19). The molecule has 1 heterocycles. The van der Waals surface area contributed by atoms with Gasteiger partial charge in [0.25, 0.3) is 0 Å². The predicted molar refractivity (Wildman–Crippen MR) is 75.1 cm³/mol. The summed E-state index contributed by atoms with van der Waals surface area (Å²) in [5.74, 6) is -0.117. The van der Waals surface area contributed by atoms with E-state index in [9.17, 15) is 14.4 Å². The van der Waals surface area contributed by atoms with Crippen LogP contribution in [0.5, 0.6) is 0 Å². The molecule has 2 aromatic rings. The third-order valence-corrected chi connectivity index (χ3v) is 3.60. The molecule has 1 aromatic carbocycles. The molecule has 2 rings (SSSR count). The minimum atomic E-state index is -0.848. The summed E-state index contributed by atoms with van der Waals surface area (Å²) >= 11 is 1.16. The normalized spacial score (nSPS) is 10.5. The van der Waals surface area contributed by atoms with Crippen molar-refractivity contribution in [3.63, 3.8) is 0 Å². The Kier molecular flexibility index (Phi) is 3.75. The molecular formula is C12H12N4O3S. The largest absolute Gasteiger partial charge is 0.398 e. The molecule has 104 valence electrons. The zero-order chi connectivity index (χ0) is 14.9. The SMILES string of the molecule is CC(=O)c1ccc(Sc2nc(=O)c(=O)[nH]n2C)cc1N. The summed E-state index contributed by atoms with van der Waals surface area (Å²) in [5.41, 5.74) is 4.96. The topological polar surface area (TPSA) is 111 Å². The smallest absolute Gasteiger partial charge is 0.339 e. The average Bonchev–Trinajstić information content (AvgIpc) is 2.35. The Balaban J connectivity index is 2.38. The first-order valence-electron chi connectivity index (χ1n) is 5.64. The Morgan fingerprint density at radius 1 is 1.40 bits per heavy atom. The number of nitrogens with zero attached hydrogens (tertiary/aromatic N) is 2. The summed E-state index contributed by atoms with van der Waals surface area (Å²) in [7, 11) is 1.57. The number of benzene rings is 1. The number of aromatic amines is 1. The Morgan fingerprint density at radius 3 is 2.70 bits per heavy atom. The van der Waals surface area contributed by atoms with Crippen molar-refractivity contribution in [3.8, 4) is 0 Å². The van der Waals surface area contributed by atoms with E-state index in [4.69, 9.17) is 5.73 Å². The molecule has 0 fully saturated rings. The van der Waals surface area contributed by atoms with Crippen LogP contribution in [0.1, 0.15) is 17.3 Å². The zero-order valence-electron chi connectivity index (χ0n) is 10.8. The minimum absolute atomic E-state index is 0.117. The molecule has 0 aliphatic carbocycles. The van der Waals surface area contributed by atoms with Gasteiger partial charge in [-0.25, -0.2) is 0 Å². The first kappa shape index (κ1) is 14.1. The third-order valence-electron chi connectivity index (χ3n) is 2.56. The van der Waals surface area contributed by atoms with Gasteiger partial charge in [0, 0.05) is 23.2 Å². The number of nitrogens with two attached hydrogens (primary N) is 1. The second-order valence-electron chi connectivity index (χ2n) is 4.11. The van der Waals surface area contributed by atoms with E-state index in [-0.39, 0.29) is 5.78 Å². The summed E-state index contributed by atoms with van der Waals surface area (Å²) < 4.78 is 1.35. The molecule has 7 nitrogen and oxygen atoms in total. The maximum Gasteiger partial charge on any atom is 0.339 e. The van der Waals surface area contributed by atoms with E-state index in [1.54, 1.807) is 25.2 Å². The molecule has 0 aliphatic rings. The van der Waals surface area contributed by atoms with Crippen LogP contribution >= 0.6 is 11.8 Å². The minimum Gasteiger partial charge on any atom is -0.398 e. The van der Waals surface area contributed by atoms with Gasteiger partial charge in [-0.3, -0.25) is 24.2 Å². The number of carbonyl (C=O) groups is 1. The number of nitrogen functional groups attached to an aromatic ring is 1. The van der Waals surface area contributed by atoms with Crippen molar-refractivity contribution in [2.75, 3.05) is 5.73 Å². The van der Waals surface area contributed by atoms with E-state index < -0.39 is 11.1 Å². The fourth-order valence-corrected chi connectivity index (χ4v) is 2.43. The maximum atomic E-state index is 11.3. The molecule has 8 heteroatoms. The highest BCUT2D eigenvalue weighted by Gasteiger charge is 2.09. The number of nitrogens with one attached hydrogen (secondary N) is 1. The number of aryl methyl sites for hydroxylation is 1. The quantitative estimate of drug-likeness (QED) is 0.481. The lowest BCUT2D eigenvalue weighted by atomic mass is 10.1. The number of ketones is 1. The monoisotopic (exact) mass is 292 g/mol. The van der Waals surface area contributed by atoms with Crippen molar-refractivity contribution in [2.24, 2.45) is 7.05 Å². The Morgan fingerprint density at radius 2 is 2.10 bits per heavy atom. The second-order valence-corrected chi connectivity index (χ2v) is 5.15. The molecule has 20 heavy (non-hydrogen) atoms. The van der Waals surface area contributed by atoms with Gasteiger partial charge in [0.15, 0.2) is 10.9 Å². The number of hydrogen-bond donors (Lipinski definition) is 2. The number of hydrogen-bond acceptors (Lipinski definition) is 6. The van der Waals surface area contributed by atoms with Crippen LogP contribution in [0.25, 0.3) is 0 Å². The van der Waals surface area contributed by atoms with Crippen LogP contribution in [0.4, 0.5) is 5.69 Å². The van der Waals surface area contributed by atoms with Gasteiger partial charge in [0.1, 0.15) is 0 Å². The molecule has 0 radical (unpaired) electrons. The van der Waals surface area contributed by atoms with E-state index in [1.807, 2.05) is 0 Å². The number of anilines is 1. The van der Waals surface area contributed by atoms with Crippen LogP contribution in [0.15, 0.2) is 37.8 Å². The van der Waals surface area contributed by atoms with E-state index >= 15 is 0 Å². The summed E-state index contributed by atoms with van der Waals surface area (Å²) in [6.45, 7) is 1.44. The van der Waals surface area contributed by atoms with Gasteiger partial charge >= 0.3 is 11.1 Å². The fourth-order valence-electron chi connectivity index (χ4n) is 1.58. The van der Waals surface area contributed by atoms with E-state index in [2.05, 4.69) is 10.1 Å². The van der Waals surface area contributed by atoms with Gasteiger partial charge in [0.05, 0.1) is 0 Å². The van der Waals surface area contributed by atoms with Crippen molar-refractivity contribution in [1.82, 2.24) is 14.8 Å². The fraction of sp³-hybridized carbons (Fsp3) is 0.167. The second kappa shape index (κ2) is 5.33. The Labute approximate surface area is 117 Å². The zero-order valence-corrected chi connectivity index (χ0v) is 11.7. The van der Waals surface area contributed by atoms with Gasteiger partial charge in [-0.2, -0.15) is 4.98 Å². The molecule has 0 spiro atoms. The van der Waals surface area contributed by atoms with Crippen LogP contribution < -0.4 is 16.9 Å². The summed E-state index contributed by atoms with van der Waals surface area (Å²) in [6, 6.07) is 4.94. The molecule has 0 bridgehead atoms. The van der Waals surface area contributed by atoms with Crippen molar-refractivity contribution < 1.29 is 4.79 Å².